The van der Waals surface area contributed by atoms with Gasteiger partial charge >= 0.3 is 0 Å². The van der Waals surface area contributed by atoms with Crippen molar-refractivity contribution < 1.29 is 5.11 Å². The van der Waals surface area contributed by atoms with Crippen LogP contribution in [0.4, 0.5) is 0 Å². The van der Waals surface area contributed by atoms with E-state index in [-0.39, 0.29) is 18.0 Å². The molecule has 3 nitrogen and oxygen atoms in total. The molecule has 2 atom stereocenters. The first-order valence-electron chi connectivity index (χ1n) is 8.80. The average Bonchev–Trinajstić information content (AvgIpc) is 2.63. The fraction of sp³-hybridized carbons (Fsp3) is 0.333. The summed E-state index contributed by atoms with van der Waals surface area (Å²) in [7, 11) is 0. The molecule has 3 N–H and O–H groups in total. The number of phenols is 1. The molecule has 0 aliphatic carbocycles. The van der Waals surface area contributed by atoms with E-state index < -0.39 is 0 Å². The van der Waals surface area contributed by atoms with Crippen LogP contribution < -0.4 is 10.6 Å². The summed E-state index contributed by atoms with van der Waals surface area (Å²) in [6.07, 6.45) is 3.25. The Morgan fingerprint density at radius 3 is 2.48 bits per heavy atom. The van der Waals surface area contributed by atoms with Crippen molar-refractivity contribution in [3.63, 3.8) is 0 Å². The number of aromatic hydroxyl groups is 1. The fourth-order valence-corrected chi connectivity index (χ4v) is 3.26. The van der Waals surface area contributed by atoms with Gasteiger partial charge in [-0.2, -0.15) is 0 Å². The van der Waals surface area contributed by atoms with Gasteiger partial charge in [0, 0.05) is 16.3 Å². The zero-order valence-corrected chi connectivity index (χ0v) is 15.6. The van der Waals surface area contributed by atoms with Gasteiger partial charge in [-0.25, -0.2) is 0 Å². The SMILES string of the molecule is CCc1ccc(C2=CC(c3cc(Cl)ccc3O)NC(C(C)C)N2)cc1. The summed E-state index contributed by atoms with van der Waals surface area (Å²) in [5.74, 6) is 0.644. The van der Waals surface area contributed by atoms with Crippen LogP contribution in [-0.2, 0) is 6.42 Å². The first kappa shape index (κ1) is 17.8. The molecule has 0 radical (unpaired) electrons. The highest BCUT2D eigenvalue weighted by Crippen LogP contribution is 2.32. The number of hydrogen-bond acceptors (Lipinski definition) is 3. The van der Waals surface area contributed by atoms with Gasteiger partial charge in [-0.15, -0.1) is 0 Å². The minimum Gasteiger partial charge on any atom is -0.508 e. The number of nitrogens with one attached hydrogen (secondary N) is 2. The minimum absolute atomic E-state index is 0.104. The lowest BCUT2D eigenvalue weighted by molar-refractivity contribution is 0.335. The van der Waals surface area contributed by atoms with E-state index in [2.05, 4.69) is 61.7 Å². The number of aryl methyl sites for hydroxylation is 1. The van der Waals surface area contributed by atoms with Crippen molar-refractivity contribution in [2.75, 3.05) is 0 Å². The molecule has 0 saturated heterocycles. The highest BCUT2D eigenvalue weighted by atomic mass is 35.5. The molecule has 2 aromatic rings. The molecule has 0 amide bonds. The Kier molecular flexibility index (Phi) is 5.36. The van der Waals surface area contributed by atoms with Crippen molar-refractivity contribution in [3.05, 3.63) is 70.3 Å². The standard InChI is InChI=1S/C21H25ClN2O/c1-4-14-5-7-15(8-6-14)18-12-19(24-21(23-18)13(2)3)17-11-16(22)9-10-20(17)25/h5-13,19,21,23-25H,4H2,1-3H3. The maximum absolute atomic E-state index is 10.3. The van der Waals surface area contributed by atoms with E-state index in [0.717, 1.165) is 23.2 Å². The van der Waals surface area contributed by atoms with Crippen molar-refractivity contribution in [3.8, 4) is 5.75 Å². The lowest BCUT2D eigenvalue weighted by Crippen LogP contribution is -2.49. The maximum Gasteiger partial charge on any atom is 0.120 e. The number of phenolic OH excluding ortho intramolecular Hbond substituents is 1. The molecule has 4 heteroatoms. The Balaban J connectivity index is 2.00. The van der Waals surface area contributed by atoms with E-state index in [4.69, 9.17) is 11.6 Å². The van der Waals surface area contributed by atoms with Crippen molar-refractivity contribution in [1.82, 2.24) is 10.6 Å². The summed E-state index contributed by atoms with van der Waals surface area (Å²) < 4.78 is 0. The van der Waals surface area contributed by atoms with E-state index >= 15 is 0 Å². The second-order valence-electron chi connectivity index (χ2n) is 6.84. The van der Waals surface area contributed by atoms with E-state index in [1.807, 2.05) is 6.07 Å². The lowest BCUT2D eigenvalue weighted by atomic mass is 9.96. The van der Waals surface area contributed by atoms with Gasteiger partial charge in [-0.3, -0.25) is 5.32 Å². The second kappa shape index (κ2) is 7.51. The van der Waals surface area contributed by atoms with Crippen LogP contribution in [0.3, 0.4) is 0 Å². The molecule has 132 valence electrons. The molecule has 2 aromatic carbocycles. The van der Waals surface area contributed by atoms with Gasteiger partial charge in [-0.1, -0.05) is 56.6 Å². The normalized spacial score (nSPS) is 20.3. The molecular weight excluding hydrogens is 332 g/mol. The summed E-state index contributed by atoms with van der Waals surface area (Å²) in [4.78, 5) is 0. The van der Waals surface area contributed by atoms with Crippen LogP contribution in [0.15, 0.2) is 48.5 Å². The second-order valence-corrected chi connectivity index (χ2v) is 7.28. The predicted molar refractivity (Wildman–Crippen MR) is 105 cm³/mol. The molecule has 0 saturated carbocycles. The third-order valence-corrected chi connectivity index (χ3v) is 4.90. The predicted octanol–water partition coefficient (Wildman–Crippen LogP) is 4.87. The van der Waals surface area contributed by atoms with Crippen LogP contribution in [0.25, 0.3) is 5.70 Å². The molecule has 0 aromatic heterocycles. The molecule has 0 bridgehead atoms. The summed E-state index contributed by atoms with van der Waals surface area (Å²) >= 11 is 6.15. The van der Waals surface area contributed by atoms with Crippen molar-refractivity contribution >= 4 is 17.3 Å². The van der Waals surface area contributed by atoms with Crippen molar-refractivity contribution in [2.24, 2.45) is 5.92 Å². The monoisotopic (exact) mass is 356 g/mol. The van der Waals surface area contributed by atoms with E-state index in [0.29, 0.717) is 10.9 Å². The topological polar surface area (TPSA) is 44.3 Å². The number of hydrogen-bond donors (Lipinski definition) is 3. The zero-order chi connectivity index (χ0) is 18.0. The average molecular weight is 357 g/mol. The molecule has 0 spiro atoms. The molecule has 25 heavy (non-hydrogen) atoms. The van der Waals surface area contributed by atoms with E-state index in [1.54, 1.807) is 12.1 Å². The first-order valence-corrected chi connectivity index (χ1v) is 9.18. The van der Waals surface area contributed by atoms with Crippen molar-refractivity contribution in [2.45, 2.75) is 39.4 Å². The van der Waals surface area contributed by atoms with Gasteiger partial charge in [0.05, 0.1) is 12.2 Å². The summed E-state index contributed by atoms with van der Waals surface area (Å²) in [6, 6.07) is 13.7. The van der Waals surface area contributed by atoms with Gasteiger partial charge in [0.15, 0.2) is 0 Å². The highest BCUT2D eigenvalue weighted by Gasteiger charge is 2.26. The van der Waals surface area contributed by atoms with Gasteiger partial charge < -0.3 is 10.4 Å². The summed E-state index contributed by atoms with van der Waals surface area (Å²) in [5.41, 5.74) is 4.34. The largest absolute Gasteiger partial charge is 0.508 e. The van der Waals surface area contributed by atoms with E-state index in [9.17, 15) is 5.11 Å². The Morgan fingerprint density at radius 1 is 1.12 bits per heavy atom. The summed E-state index contributed by atoms with van der Waals surface area (Å²) in [5, 5.41) is 18.0. The van der Waals surface area contributed by atoms with Crippen LogP contribution in [-0.4, -0.2) is 11.3 Å². The quantitative estimate of drug-likeness (QED) is 0.732. The number of halogens is 1. The third-order valence-electron chi connectivity index (χ3n) is 4.67. The van der Waals surface area contributed by atoms with Gasteiger partial charge in [-0.05, 0) is 47.7 Å². The maximum atomic E-state index is 10.3. The first-order chi connectivity index (χ1) is 12.0. The minimum atomic E-state index is -0.104. The van der Waals surface area contributed by atoms with Gasteiger partial charge in [0.1, 0.15) is 5.75 Å². The van der Waals surface area contributed by atoms with Crippen LogP contribution in [0.1, 0.15) is 43.5 Å². The Hall–Kier alpha value is -1.97. The molecular formula is C21H25ClN2O. The molecule has 2 unspecified atom stereocenters. The van der Waals surface area contributed by atoms with Crippen LogP contribution in [0, 0.1) is 5.92 Å². The number of benzene rings is 2. The van der Waals surface area contributed by atoms with Gasteiger partial charge in [0.25, 0.3) is 0 Å². The van der Waals surface area contributed by atoms with E-state index in [1.165, 1.54) is 5.56 Å². The third kappa shape index (κ3) is 4.00. The Bertz CT molecular complexity index is 768. The lowest BCUT2D eigenvalue weighted by Gasteiger charge is -2.35. The zero-order valence-electron chi connectivity index (χ0n) is 14.9. The summed E-state index contributed by atoms with van der Waals surface area (Å²) in [6.45, 7) is 6.50. The molecule has 0 fully saturated rings. The van der Waals surface area contributed by atoms with Crippen molar-refractivity contribution in [1.29, 1.82) is 0 Å². The molecule has 3 rings (SSSR count). The highest BCUT2D eigenvalue weighted by molar-refractivity contribution is 6.30. The van der Waals surface area contributed by atoms with Gasteiger partial charge in [0.2, 0.25) is 0 Å². The van der Waals surface area contributed by atoms with Crippen LogP contribution in [0.5, 0.6) is 5.75 Å². The fourth-order valence-electron chi connectivity index (χ4n) is 3.08. The molecule has 1 aliphatic heterocycles. The number of rotatable bonds is 4. The smallest absolute Gasteiger partial charge is 0.120 e. The Labute approximate surface area is 154 Å². The molecule has 1 heterocycles. The Morgan fingerprint density at radius 2 is 1.84 bits per heavy atom. The van der Waals surface area contributed by atoms with Crippen LogP contribution >= 0.6 is 11.6 Å². The molecule has 1 aliphatic rings. The van der Waals surface area contributed by atoms with Crippen LogP contribution in [0.2, 0.25) is 5.02 Å².